The number of carbonyl (C=O) groups excluding carboxylic acids is 1. The Bertz CT molecular complexity index is 462. The first-order valence-corrected chi connectivity index (χ1v) is 5.15. The number of aromatic nitrogens is 1. The predicted octanol–water partition coefficient (Wildman–Crippen LogP) is 2.93. The molecule has 0 radical (unpaired) electrons. The molecule has 1 aromatic heterocycles. The second-order valence-electron chi connectivity index (χ2n) is 3.06. The maximum absolute atomic E-state index is 10.5. The highest BCUT2D eigenvalue weighted by atomic mass is 32.1. The van der Waals surface area contributed by atoms with E-state index in [1.807, 2.05) is 30.5 Å². The Balaban J connectivity index is 2.43. The van der Waals surface area contributed by atoms with Gasteiger partial charge in [0.25, 0.3) is 0 Å². The minimum atomic E-state index is 0.529. The van der Waals surface area contributed by atoms with Gasteiger partial charge in [0, 0.05) is 10.9 Å². The van der Waals surface area contributed by atoms with Crippen molar-refractivity contribution in [3.05, 3.63) is 40.2 Å². The molecule has 0 saturated heterocycles. The molecule has 0 aliphatic rings. The molecule has 3 heteroatoms. The molecule has 0 atom stereocenters. The maximum atomic E-state index is 10.5. The highest BCUT2D eigenvalue weighted by molar-refractivity contribution is 7.11. The molecule has 0 amide bonds. The van der Waals surface area contributed by atoms with Gasteiger partial charge in [-0.15, -0.1) is 11.3 Å². The van der Waals surface area contributed by atoms with Crippen LogP contribution in [-0.4, -0.2) is 11.3 Å². The molecule has 1 aromatic carbocycles. The highest BCUT2D eigenvalue weighted by Crippen LogP contribution is 2.21. The Morgan fingerprint density at radius 3 is 2.93 bits per heavy atom. The molecule has 0 unspecified atom stereocenters. The summed E-state index contributed by atoms with van der Waals surface area (Å²) in [6, 6.07) is 8.08. The summed E-state index contributed by atoms with van der Waals surface area (Å²) in [5, 5.41) is 2.43. The molecule has 2 aromatic rings. The molecule has 0 fully saturated rings. The third-order valence-electron chi connectivity index (χ3n) is 1.94. The number of carbonyl (C=O) groups is 1. The van der Waals surface area contributed by atoms with E-state index in [0.717, 1.165) is 17.5 Å². The SMILES string of the molecule is Cc1cccc(-c2csc(C=O)n2)c1. The number of aryl methyl sites for hydroxylation is 1. The Labute approximate surface area is 86.2 Å². The molecular weight excluding hydrogens is 194 g/mol. The van der Waals surface area contributed by atoms with Crippen molar-refractivity contribution in [2.75, 3.05) is 0 Å². The van der Waals surface area contributed by atoms with E-state index in [-0.39, 0.29) is 0 Å². The lowest BCUT2D eigenvalue weighted by atomic mass is 10.1. The zero-order valence-corrected chi connectivity index (χ0v) is 8.54. The van der Waals surface area contributed by atoms with Crippen LogP contribution >= 0.6 is 11.3 Å². The molecule has 2 rings (SSSR count). The van der Waals surface area contributed by atoms with Gasteiger partial charge in [-0.25, -0.2) is 4.98 Å². The number of aldehydes is 1. The number of hydrogen-bond acceptors (Lipinski definition) is 3. The van der Waals surface area contributed by atoms with Crippen LogP contribution in [-0.2, 0) is 0 Å². The van der Waals surface area contributed by atoms with Gasteiger partial charge in [0.05, 0.1) is 5.69 Å². The zero-order chi connectivity index (χ0) is 9.97. The fourth-order valence-electron chi connectivity index (χ4n) is 1.28. The largest absolute Gasteiger partial charge is 0.295 e. The number of nitrogens with zero attached hydrogens (tertiary/aromatic N) is 1. The van der Waals surface area contributed by atoms with Gasteiger partial charge < -0.3 is 0 Å². The van der Waals surface area contributed by atoms with E-state index >= 15 is 0 Å². The van der Waals surface area contributed by atoms with Crippen LogP contribution in [0.3, 0.4) is 0 Å². The van der Waals surface area contributed by atoms with E-state index in [2.05, 4.69) is 11.1 Å². The summed E-state index contributed by atoms with van der Waals surface area (Å²) >= 11 is 1.37. The first kappa shape index (κ1) is 9.09. The average Bonchev–Trinajstić information content (AvgIpc) is 2.66. The van der Waals surface area contributed by atoms with Crippen LogP contribution in [0, 0.1) is 6.92 Å². The van der Waals surface area contributed by atoms with Gasteiger partial charge in [-0.2, -0.15) is 0 Å². The van der Waals surface area contributed by atoms with Gasteiger partial charge in [-0.1, -0.05) is 23.8 Å². The Hall–Kier alpha value is -1.48. The van der Waals surface area contributed by atoms with Crippen LogP contribution in [0.2, 0.25) is 0 Å². The van der Waals surface area contributed by atoms with Crippen molar-refractivity contribution < 1.29 is 4.79 Å². The molecule has 0 aliphatic carbocycles. The fraction of sp³-hybridized carbons (Fsp3) is 0.0909. The fourth-order valence-corrected chi connectivity index (χ4v) is 1.91. The van der Waals surface area contributed by atoms with E-state index in [1.54, 1.807) is 0 Å². The first-order chi connectivity index (χ1) is 6.79. The summed E-state index contributed by atoms with van der Waals surface area (Å²) in [5.74, 6) is 0. The van der Waals surface area contributed by atoms with Gasteiger partial charge >= 0.3 is 0 Å². The molecule has 70 valence electrons. The monoisotopic (exact) mass is 203 g/mol. The molecule has 0 aliphatic heterocycles. The van der Waals surface area contributed by atoms with Crippen LogP contribution in [0.4, 0.5) is 0 Å². The molecule has 1 heterocycles. The van der Waals surface area contributed by atoms with E-state index < -0.39 is 0 Å². The predicted molar refractivity (Wildman–Crippen MR) is 57.7 cm³/mol. The lowest BCUT2D eigenvalue weighted by molar-refractivity contribution is 0.112. The quantitative estimate of drug-likeness (QED) is 0.702. The van der Waals surface area contributed by atoms with Crippen molar-refractivity contribution in [1.29, 1.82) is 0 Å². The standard InChI is InChI=1S/C11H9NOS/c1-8-3-2-4-9(5-8)10-7-14-11(6-13)12-10/h2-7H,1H3. The Morgan fingerprint density at radius 1 is 1.43 bits per heavy atom. The van der Waals surface area contributed by atoms with E-state index in [4.69, 9.17) is 0 Å². The van der Waals surface area contributed by atoms with Crippen molar-refractivity contribution in [3.63, 3.8) is 0 Å². The number of thiazole rings is 1. The van der Waals surface area contributed by atoms with Crippen molar-refractivity contribution in [1.82, 2.24) is 4.98 Å². The molecule has 0 bridgehead atoms. The molecular formula is C11H9NOS. The lowest BCUT2D eigenvalue weighted by Crippen LogP contribution is -1.81. The third kappa shape index (κ3) is 1.72. The van der Waals surface area contributed by atoms with Crippen molar-refractivity contribution >= 4 is 17.6 Å². The number of hydrogen-bond donors (Lipinski definition) is 0. The molecule has 2 nitrogen and oxygen atoms in total. The van der Waals surface area contributed by atoms with Gasteiger partial charge in [0.1, 0.15) is 0 Å². The lowest BCUT2D eigenvalue weighted by Gasteiger charge is -1.97. The van der Waals surface area contributed by atoms with Crippen LogP contribution < -0.4 is 0 Å². The Kier molecular flexibility index (Phi) is 2.41. The molecule has 0 N–H and O–H groups in total. The molecule has 0 saturated carbocycles. The van der Waals surface area contributed by atoms with Crippen LogP contribution in [0.25, 0.3) is 11.3 Å². The summed E-state index contributed by atoms with van der Waals surface area (Å²) < 4.78 is 0. The van der Waals surface area contributed by atoms with E-state index in [9.17, 15) is 4.79 Å². The van der Waals surface area contributed by atoms with Crippen LogP contribution in [0.15, 0.2) is 29.6 Å². The highest BCUT2D eigenvalue weighted by Gasteiger charge is 2.02. The first-order valence-electron chi connectivity index (χ1n) is 4.27. The second-order valence-corrected chi connectivity index (χ2v) is 3.95. The van der Waals surface area contributed by atoms with Gasteiger partial charge in [0.2, 0.25) is 0 Å². The zero-order valence-electron chi connectivity index (χ0n) is 7.73. The average molecular weight is 203 g/mol. The van der Waals surface area contributed by atoms with Crippen LogP contribution in [0.5, 0.6) is 0 Å². The number of rotatable bonds is 2. The van der Waals surface area contributed by atoms with Crippen molar-refractivity contribution in [3.8, 4) is 11.3 Å². The second kappa shape index (κ2) is 3.72. The summed E-state index contributed by atoms with van der Waals surface area (Å²) in [6.07, 6.45) is 0.782. The van der Waals surface area contributed by atoms with Gasteiger partial charge in [-0.3, -0.25) is 4.79 Å². The third-order valence-corrected chi connectivity index (χ3v) is 2.71. The summed E-state index contributed by atoms with van der Waals surface area (Å²) in [5.41, 5.74) is 3.14. The van der Waals surface area contributed by atoms with E-state index in [0.29, 0.717) is 5.01 Å². The van der Waals surface area contributed by atoms with Crippen LogP contribution in [0.1, 0.15) is 15.4 Å². The smallest absolute Gasteiger partial charge is 0.178 e. The summed E-state index contributed by atoms with van der Waals surface area (Å²) in [6.45, 7) is 2.04. The topological polar surface area (TPSA) is 30.0 Å². The minimum Gasteiger partial charge on any atom is -0.295 e. The van der Waals surface area contributed by atoms with E-state index in [1.165, 1.54) is 16.9 Å². The van der Waals surface area contributed by atoms with Crippen molar-refractivity contribution in [2.24, 2.45) is 0 Å². The molecule has 14 heavy (non-hydrogen) atoms. The minimum absolute atomic E-state index is 0.529. The van der Waals surface area contributed by atoms with Gasteiger partial charge in [-0.05, 0) is 13.0 Å². The normalized spacial score (nSPS) is 10.1. The number of benzene rings is 1. The summed E-state index contributed by atoms with van der Waals surface area (Å²) in [4.78, 5) is 14.7. The summed E-state index contributed by atoms with van der Waals surface area (Å²) in [7, 11) is 0. The van der Waals surface area contributed by atoms with Gasteiger partial charge in [0.15, 0.2) is 11.3 Å². The van der Waals surface area contributed by atoms with Crippen molar-refractivity contribution in [2.45, 2.75) is 6.92 Å². The molecule has 0 spiro atoms. The maximum Gasteiger partial charge on any atom is 0.178 e. The Morgan fingerprint density at radius 2 is 2.29 bits per heavy atom.